The molecule has 0 saturated heterocycles. The van der Waals surface area contributed by atoms with Crippen molar-refractivity contribution in [2.45, 2.75) is 57.5 Å². The third kappa shape index (κ3) is 5.24. The number of phenols is 2. The molecular weight excluding hydrogens is 685 g/mol. The number of aromatic hydroxyl groups is 2. The topological polar surface area (TPSA) is 121 Å². The van der Waals surface area contributed by atoms with E-state index < -0.39 is 5.41 Å². The van der Waals surface area contributed by atoms with E-state index in [1.54, 1.807) is 0 Å². The third-order valence-electron chi connectivity index (χ3n) is 12.4. The van der Waals surface area contributed by atoms with Gasteiger partial charge in [-0.05, 0) is 127 Å². The van der Waals surface area contributed by atoms with Crippen molar-refractivity contribution in [3.05, 3.63) is 166 Å². The molecule has 7 aromatic carbocycles. The fourth-order valence-electron chi connectivity index (χ4n) is 9.70. The standard InChI is InChI=1S/C49H42O6/c1-28(31-21-34(26-52)48(55)35(22-31)27-53)49(18-17-29-19-32(24-50)47(54)33(20-29)25-51)44-12-5-4-9-39(44)40-14-13-30(23-45(40)49)36-15-16-43-38-8-3-2-7-37(38)42-11-6-10-41(36)46(42)43/h2-16,19-23,28,50-55H,17-18,24-27H2,1H3. The van der Waals surface area contributed by atoms with Crippen LogP contribution in [0.1, 0.15) is 63.8 Å². The summed E-state index contributed by atoms with van der Waals surface area (Å²) >= 11 is 0. The summed E-state index contributed by atoms with van der Waals surface area (Å²) < 4.78 is 0. The van der Waals surface area contributed by atoms with Crippen LogP contribution < -0.4 is 0 Å². The molecule has 9 rings (SSSR count). The van der Waals surface area contributed by atoms with Gasteiger partial charge in [-0.2, -0.15) is 0 Å². The lowest BCUT2D eigenvalue weighted by Crippen LogP contribution is -2.33. The van der Waals surface area contributed by atoms with Gasteiger partial charge in [-0.15, -0.1) is 0 Å². The zero-order valence-electron chi connectivity index (χ0n) is 30.6. The van der Waals surface area contributed by atoms with Gasteiger partial charge in [-0.1, -0.05) is 97.9 Å². The summed E-state index contributed by atoms with van der Waals surface area (Å²) in [5, 5.41) is 64.9. The van der Waals surface area contributed by atoms with Crippen LogP contribution in [0.25, 0.3) is 55.3 Å². The predicted octanol–water partition coefficient (Wildman–Crippen LogP) is 9.24. The molecule has 0 aromatic heterocycles. The minimum absolute atomic E-state index is 0.0938. The summed E-state index contributed by atoms with van der Waals surface area (Å²) in [5.41, 5.74) is 14.3. The van der Waals surface area contributed by atoms with Gasteiger partial charge in [0.2, 0.25) is 0 Å². The van der Waals surface area contributed by atoms with E-state index in [9.17, 15) is 30.6 Å². The van der Waals surface area contributed by atoms with Gasteiger partial charge >= 0.3 is 0 Å². The molecule has 6 heteroatoms. The molecule has 0 amide bonds. The van der Waals surface area contributed by atoms with Gasteiger partial charge < -0.3 is 30.6 Å². The van der Waals surface area contributed by atoms with Crippen LogP contribution in [-0.4, -0.2) is 30.6 Å². The van der Waals surface area contributed by atoms with Crippen LogP contribution in [0.3, 0.4) is 0 Å². The highest BCUT2D eigenvalue weighted by molar-refractivity contribution is 6.18. The van der Waals surface area contributed by atoms with Gasteiger partial charge in [-0.3, -0.25) is 0 Å². The Morgan fingerprint density at radius 1 is 0.491 bits per heavy atom. The predicted molar refractivity (Wildman–Crippen MR) is 217 cm³/mol. The first-order valence-electron chi connectivity index (χ1n) is 18.8. The van der Waals surface area contributed by atoms with Gasteiger partial charge in [0, 0.05) is 27.7 Å². The number of aliphatic hydroxyl groups is 4. The molecule has 0 heterocycles. The van der Waals surface area contributed by atoms with Crippen LogP contribution in [0.2, 0.25) is 0 Å². The summed E-state index contributed by atoms with van der Waals surface area (Å²) in [4.78, 5) is 0. The number of fused-ring (bicyclic) bond motifs is 6. The van der Waals surface area contributed by atoms with Crippen molar-refractivity contribution in [3.63, 3.8) is 0 Å². The van der Waals surface area contributed by atoms with Crippen molar-refractivity contribution < 1.29 is 30.6 Å². The van der Waals surface area contributed by atoms with Crippen LogP contribution in [0.4, 0.5) is 0 Å². The van der Waals surface area contributed by atoms with Crippen molar-refractivity contribution in [3.8, 4) is 56.0 Å². The lowest BCUT2D eigenvalue weighted by atomic mass is 9.63. The summed E-state index contributed by atoms with van der Waals surface area (Å²) in [7, 11) is 0. The van der Waals surface area contributed by atoms with Crippen molar-refractivity contribution in [1.82, 2.24) is 0 Å². The molecule has 2 unspecified atom stereocenters. The lowest BCUT2D eigenvalue weighted by Gasteiger charge is -2.39. The maximum Gasteiger partial charge on any atom is 0.126 e. The maximum atomic E-state index is 10.9. The maximum absolute atomic E-state index is 10.9. The number of aryl methyl sites for hydroxylation is 1. The Kier molecular flexibility index (Phi) is 8.60. The van der Waals surface area contributed by atoms with E-state index in [1.807, 2.05) is 24.3 Å². The molecule has 0 fully saturated rings. The number of aliphatic hydroxyl groups excluding tert-OH is 4. The Bertz CT molecular complexity index is 2580. The monoisotopic (exact) mass is 726 g/mol. The van der Waals surface area contributed by atoms with Gasteiger partial charge in [-0.25, -0.2) is 0 Å². The summed E-state index contributed by atoms with van der Waals surface area (Å²) in [5.74, 6) is -0.407. The van der Waals surface area contributed by atoms with Crippen molar-refractivity contribution in [1.29, 1.82) is 0 Å². The Balaban J connectivity index is 1.27. The zero-order valence-corrected chi connectivity index (χ0v) is 30.6. The highest BCUT2D eigenvalue weighted by atomic mass is 16.3. The molecular formula is C49H42O6. The highest BCUT2D eigenvalue weighted by Gasteiger charge is 2.47. The van der Waals surface area contributed by atoms with Gasteiger partial charge in [0.15, 0.2) is 0 Å². The normalized spacial score (nSPS) is 15.6. The molecule has 55 heavy (non-hydrogen) atoms. The van der Waals surface area contributed by atoms with Crippen molar-refractivity contribution >= 4 is 10.8 Å². The first kappa shape index (κ1) is 35.0. The van der Waals surface area contributed by atoms with E-state index in [0.29, 0.717) is 35.1 Å². The largest absolute Gasteiger partial charge is 0.507 e. The molecule has 0 bridgehead atoms. The second kappa shape index (κ2) is 13.5. The molecule has 274 valence electrons. The fraction of sp³-hybridized carbons (Fsp3) is 0.184. The van der Waals surface area contributed by atoms with Gasteiger partial charge in [0.05, 0.1) is 26.4 Å². The minimum Gasteiger partial charge on any atom is -0.507 e. The van der Waals surface area contributed by atoms with Crippen LogP contribution in [0.15, 0.2) is 121 Å². The van der Waals surface area contributed by atoms with Gasteiger partial charge in [0.25, 0.3) is 0 Å². The summed E-state index contributed by atoms with van der Waals surface area (Å²) in [6, 6.07) is 42.2. The second-order valence-corrected chi connectivity index (χ2v) is 15.0. The Hall–Kier alpha value is -5.76. The smallest absolute Gasteiger partial charge is 0.126 e. The Morgan fingerprint density at radius 3 is 1.64 bits per heavy atom. The SMILES string of the molecule is CC(c1cc(CO)c(O)c(CO)c1)C1(CCc2cc(CO)c(O)c(CO)c2)c2ccccc2-c2ccc(-c3ccc4c5c(cccc35)-c3ccccc3-4)cc21. The number of rotatable bonds is 10. The average molecular weight is 727 g/mol. The van der Waals surface area contributed by atoms with Gasteiger partial charge in [0.1, 0.15) is 11.5 Å². The van der Waals surface area contributed by atoms with Crippen LogP contribution in [-0.2, 0) is 38.3 Å². The van der Waals surface area contributed by atoms with E-state index in [1.165, 1.54) is 33.0 Å². The first-order chi connectivity index (χ1) is 26.8. The third-order valence-corrected chi connectivity index (χ3v) is 12.4. The Labute approximate surface area is 319 Å². The average Bonchev–Trinajstić information content (AvgIpc) is 3.71. The molecule has 2 atom stereocenters. The molecule has 2 aliphatic rings. The van der Waals surface area contributed by atoms with E-state index in [4.69, 9.17) is 0 Å². The van der Waals surface area contributed by atoms with Crippen LogP contribution in [0, 0.1) is 0 Å². The number of hydrogen-bond acceptors (Lipinski definition) is 6. The first-order valence-corrected chi connectivity index (χ1v) is 18.8. The van der Waals surface area contributed by atoms with E-state index in [-0.39, 0.29) is 43.8 Å². The number of benzene rings is 7. The van der Waals surface area contributed by atoms with Crippen LogP contribution in [0.5, 0.6) is 11.5 Å². The molecule has 0 spiro atoms. The lowest BCUT2D eigenvalue weighted by molar-refractivity contribution is 0.262. The summed E-state index contributed by atoms with van der Waals surface area (Å²) in [6.45, 7) is 0.715. The minimum atomic E-state index is -0.639. The van der Waals surface area contributed by atoms with E-state index in [2.05, 4.69) is 104 Å². The van der Waals surface area contributed by atoms with Crippen molar-refractivity contribution in [2.24, 2.45) is 0 Å². The quantitative estimate of drug-likeness (QED) is 0.0836. The zero-order chi connectivity index (χ0) is 38.0. The second-order valence-electron chi connectivity index (χ2n) is 15.0. The van der Waals surface area contributed by atoms with Crippen molar-refractivity contribution in [2.75, 3.05) is 0 Å². The molecule has 0 aliphatic heterocycles. The molecule has 2 aliphatic carbocycles. The highest BCUT2D eigenvalue weighted by Crippen LogP contribution is 2.59. The molecule has 6 nitrogen and oxygen atoms in total. The molecule has 6 N–H and O–H groups in total. The molecule has 7 aromatic rings. The molecule has 0 radical (unpaired) electrons. The molecule has 0 saturated carbocycles. The van der Waals surface area contributed by atoms with E-state index in [0.717, 1.165) is 44.5 Å². The van der Waals surface area contributed by atoms with Crippen LogP contribution >= 0.6 is 0 Å². The summed E-state index contributed by atoms with van der Waals surface area (Å²) in [6.07, 6.45) is 1.17. The van der Waals surface area contributed by atoms with E-state index >= 15 is 0 Å². The number of hydrogen-bond donors (Lipinski definition) is 6. The Morgan fingerprint density at radius 2 is 1.00 bits per heavy atom. The fourth-order valence-corrected chi connectivity index (χ4v) is 9.70.